The Balaban J connectivity index is 0.00000153. The molecule has 0 saturated heterocycles. The molecule has 9 rings (SSSR count). The maximum Gasteiger partial charge on any atom is 0.165 e. The molecule has 4 heterocycles. The van der Waals surface area contributed by atoms with Gasteiger partial charge in [-0.15, -0.1) is 0 Å². The molecule has 0 radical (unpaired) electrons. The van der Waals surface area contributed by atoms with E-state index in [2.05, 4.69) is 137 Å². The lowest BCUT2D eigenvalue weighted by molar-refractivity contribution is 0.845. The van der Waals surface area contributed by atoms with Crippen LogP contribution in [-0.4, -0.2) is 24.1 Å². The minimum atomic E-state index is 0.922. The number of imidazole rings is 2. The van der Waals surface area contributed by atoms with Gasteiger partial charge in [0.25, 0.3) is 0 Å². The van der Waals surface area contributed by atoms with Crippen molar-refractivity contribution in [3.05, 3.63) is 139 Å². The first kappa shape index (κ1) is 27.7. The zero-order valence-corrected chi connectivity index (χ0v) is 25.9. The molecule has 5 heteroatoms. The topological polar surface area (TPSA) is 48.5 Å². The summed E-state index contributed by atoms with van der Waals surface area (Å²) in [4.78, 5) is 15.2. The van der Waals surface area contributed by atoms with Crippen LogP contribution >= 0.6 is 0 Å². The van der Waals surface area contributed by atoms with Crippen molar-refractivity contribution >= 4 is 39.2 Å². The highest BCUT2D eigenvalue weighted by Crippen LogP contribution is 2.35. The molecule has 0 atom stereocenters. The van der Waals surface area contributed by atoms with E-state index in [1.807, 2.05) is 26.0 Å². The highest BCUT2D eigenvalue weighted by Gasteiger charge is 2.19. The number of para-hydroxylation sites is 3. The van der Waals surface area contributed by atoms with Crippen molar-refractivity contribution in [3.8, 4) is 39.5 Å². The molecule has 0 unspecified atom stereocenters. The molecule has 5 nitrogen and oxygen atoms in total. The van der Waals surface area contributed by atoms with Gasteiger partial charge in [0.1, 0.15) is 17.2 Å². The second kappa shape index (κ2) is 11.6. The summed E-state index contributed by atoms with van der Waals surface area (Å²) in [5, 5.41) is 2.27. The third-order valence-corrected chi connectivity index (χ3v) is 8.61. The Kier molecular flexibility index (Phi) is 6.99. The van der Waals surface area contributed by atoms with Crippen molar-refractivity contribution in [2.24, 2.45) is 0 Å². The molecule has 0 aliphatic carbocycles. The summed E-state index contributed by atoms with van der Waals surface area (Å²) in [6.45, 7) is 4.00. The molecule has 0 N–H and O–H groups in total. The average Bonchev–Trinajstić information content (AvgIpc) is 3.72. The summed E-state index contributed by atoms with van der Waals surface area (Å²) in [7, 11) is 0. The average molecular weight is 596 g/mol. The lowest BCUT2D eigenvalue weighted by atomic mass is 9.99. The summed E-state index contributed by atoms with van der Waals surface area (Å²) in [6.07, 6.45) is 6.27. The van der Waals surface area contributed by atoms with Gasteiger partial charge in [0, 0.05) is 40.2 Å². The molecule has 0 bridgehead atoms. The summed E-state index contributed by atoms with van der Waals surface area (Å²) in [5.74, 6) is 2.01. The third kappa shape index (κ3) is 4.60. The Morgan fingerprint density at radius 3 is 1.96 bits per heavy atom. The molecule has 0 fully saturated rings. The van der Waals surface area contributed by atoms with Crippen molar-refractivity contribution < 1.29 is 0 Å². The van der Waals surface area contributed by atoms with Crippen LogP contribution < -0.4 is 0 Å². The van der Waals surface area contributed by atoms with Crippen LogP contribution in [0, 0.1) is 0 Å². The molecule has 0 spiro atoms. The molecule has 5 aromatic carbocycles. The molecule has 1 aliphatic rings. The summed E-state index contributed by atoms with van der Waals surface area (Å²) in [6, 6.07) is 44.7. The number of hydrogen-bond acceptors (Lipinski definition) is 3. The van der Waals surface area contributed by atoms with E-state index >= 15 is 0 Å². The van der Waals surface area contributed by atoms with Gasteiger partial charge in [0.2, 0.25) is 0 Å². The monoisotopic (exact) mass is 595 g/mol. The van der Waals surface area contributed by atoms with Crippen LogP contribution in [0.4, 0.5) is 0 Å². The number of hydrogen-bond donors (Lipinski definition) is 0. The Morgan fingerprint density at radius 1 is 0.565 bits per heavy atom. The van der Waals surface area contributed by atoms with E-state index in [-0.39, 0.29) is 0 Å². The van der Waals surface area contributed by atoms with Crippen molar-refractivity contribution in [3.63, 3.8) is 0 Å². The fourth-order valence-electron chi connectivity index (χ4n) is 6.45. The molecule has 46 heavy (non-hydrogen) atoms. The number of benzene rings is 5. The quantitative estimate of drug-likeness (QED) is 0.203. The minimum Gasteiger partial charge on any atom is -0.292 e. The maximum absolute atomic E-state index is 5.19. The van der Waals surface area contributed by atoms with Crippen molar-refractivity contribution in [1.29, 1.82) is 0 Å². The molecule has 8 aromatic rings. The smallest absolute Gasteiger partial charge is 0.165 e. The molecule has 0 saturated carbocycles. The normalized spacial score (nSPS) is 12.3. The highest BCUT2D eigenvalue weighted by atomic mass is 15.1. The number of allylic oxidation sites excluding steroid dienone is 1. The number of aryl methyl sites for hydroxylation is 1. The molecule has 1 aliphatic heterocycles. The van der Waals surface area contributed by atoms with Gasteiger partial charge in [-0.1, -0.05) is 123 Å². The van der Waals surface area contributed by atoms with Crippen LogP contribution in [-0.2, 0) is 6.42 Å². The first-order valence-corrected chi connectivity index (χ1v) is 16.0. The number of fused-ring (bicyclic) bond motifs is 6. The minimum absolute atomic E-state index is 0.922. The zero-order valence-electron chi connectivity index (χ0n) is 25.9. The van der Waals surface area contributed by atoms with E-state index in [1.54, 1.807) is 0 Å². The standard InChI is InChI=1S/C39H27N5.C2H6/c1-2-10-30(11-3-1)44-34-15-7-6-14-33(34)40-38(44)29-23-19-27(20-24-29)26-17-21-28(22-18-26)36-31-12-4-5-13-32(31)37-39(42-36)43-25-9-8-16-35(43)41-37;1-2/h1-7,9-15,17-25H,8,16H2;1-2H3. The second-order valence-corrected chi connectivity index (χ2v) is 11.2. The number of rotatable bonds is 4. The maximum atomic E-state index is 5.19. The van der Waals surface area contributed by atoms with Crippen LogP contribution in [0.5, 0.6) is 0 Å². The van der Waals surface area contributed by atoms with Gasteiger partial charge in [-0.25, -0.2) is 15.0 Å². The summed E-state index contributed by atoms with van der Waals surface area (Å²) < 4.78 is 4.39. The van der Waals surface area contributed by atoms with Gasteiger partial charge in [-0.2, -0.15) is 0 Å². The zero-order chi connectivity index (χ0) is 31.0. The Morgan fingerprint density at radius 2 is 1.20 bits per heavy atom. The Bertz CT molecular complexity index is 2360. The summed E-state index contributed by atoms with van der Waals surface area (Å²) >= 11 is 0. The van der Waals surface area contributed by atoms with E-state index in [0.717, 1.165) is 91.1 Å². The first-order chi connectivity index (χ1) is 22.8. The number of aromatic nitrogens is 5. The molecule has 222 valence electrons. The van der Waals surface area contributed by atoms with E-state index in [0.29, 0.717) is 0 Å². The van der Waals surface area contributed by atoms with Gasteiger partial charge in [-0.05, 0) is 41.8 Å². The third-order valence-electron chi connectivity index (χ3n) is 8.61. The second-order valence-electron chi connectivity index (χ2n) is 11.2. The van der Waals surface area contributed by atoms with E-state index in [4.69, 9.17) is 15.0 Å². The van der Waals surface area contributed by atoms with Gasteiger partial charge in [0.15, 0.2) is 5.65 Å². The van der Waals surface area contributed by atoms with Crippen LogP contribution in [0.2, 0.25) is 0 Å². The van der Waals surface area contributed by atoms with E-state index < -0.39 is 0 Å². The van der Waals surface area contributed by atoms with Gasteiger partial charge >= 0.3 is 0 Å². The SMILES string of the molecule is C1=Cn2c(nc3c4ccccc4c(-c4ccc(-c5ccc(-c6nc7ccccc7n6-c6ccccc6)cc5)cc4)nc32)CC1.CC. The van der Waals surface area contributed by atoms with E-state index in [9.17, 15) is 0 Å². The first-order valence-electron chi connectivity index (χ1n) is 16.0. The lowest BCUT2D eigenvalue weighted by Crippen LogP contribution is -2.01. The fraction of sp³-hybridized carbons (Fsp3) is 0.0976. The predicted molar refractivity (Wildman–Crippen MR) is 191 cm³/mol. The largest absolute Gasteiger partial charge is 0.292 e. The fourth-order valence-corrected chi connectivity index (χ4v) is 6.45. The molecular formula is C41H33N5. The van der Waals surface area contributed by atoms with Gasteiger partial charge < -0.3 is 0 Å². The van der Waals surface area contributed by atoms with Crippen LogP contribution in [0.3, 0.4) is 0 Å². The highest BCUT2D eigenvalue weighted by molar-refractivity contribution is 6.09. The van der Waals surface area contributed by atoms with Gasteiger partial charge in [-0.3, -0.25) is 9.13 Å². The van der Waals surface area contributed by atoms with Crippen molar-refractivity contribution in [2.45, 2.75) is 26.7 Å². The van der Waals surface area contributed by atoms with Crippen LogP contribution in [0.25, 0.3) is 78.6 Å². The molecule has 0 amide bonds. The summed E-state index contributed by atoms with van der Waals surface area (Å²) in [5.41, 5.74) is 10.5. The van der Waals surface area contributed by atoms with E-state index in [1.165, 1.54) is 0 Å². The molecule has 3 aromatic heterocycles. The van der Waals surface area contributed by atoms with Crippen molar-refractivity contribution in [2.75, 3.05) is 0 Å². The van der Waals surface area contributed by atoms with Gasteiger partial charge in [0.05, 0.1) is 16.7 Å². The van der Waals surface area contributed by atoms with Crippen LogP contribution in [0.1, 0.15) is 26.1 Å². The number of nitrogens with zero attached hydrogens (tertiary/aromatic N) is 5. The Labute approximate surface area is 268 Å². The lowest BCUT2D eigenvalue weighted by Gasteiger charge is -2.11. The predicted octanol–water partition coefficient (Wildman–Crippen LogP) is 10.4. The van der Waals surface area contributed by atoms with Crippen LogP contribution in [0.15, 0.2) is 133 Å². The Hall–Kier alpha value is -5.81. The van der Waals surface area contributed by atoms with Crippen molar-refractivity contribution in [1.82, 2.24) is 24.1 Å². The number of pyridine rings is 1. The molecular weight excluding hydrogens is 562 g/mol.